The molecule has 0 aliphatic carbocycles. The molecule has 0 atom stereocenters. The van der Waals surface area contributed by atoms with Gasteiger partial charge in [0.2, 0.25) is 0 Å². The molecule has 1 aromatic heterocycles. The Kier molecular flexibility index (Phi) is 7.04. The van der Waals surface area contributed by atoms with Crippen LogP contribution in [0.4, 0.5) is 0 Å². The quantitative estimate of drug-likeness (QED) is 0.546. The molecule has 4 heteroatoms. The predicted molar refractivity (Wildman–Crippen MR) is 119 cm³/mol. The van der Waals surface area contributed by atoms with Crippen LogP contribution in [-0.4, -0.2) is 42.2 Å². The monoisotopic (exact) mass is 388 g/mol. The van der Waals surface area contributed by atoms with Crippen molar-refractivity contribution in [2.24, 2.45) is 0 Å². The van der Waals surface area contributed by atoms with Crippen molar-refractivity contribution in [3.05, 3.63) is 89.7 Å². The Morgan fingerprint density at radius 1 is 0.931 bits per heavy atom. The van der Waals surface area contributed by atoms with E-state index < -0.39 is 0 Å². The van der Waals surface area contributed by atoms with E-state index in [1.165, 1.54) is 11.1 Å². The summed E-state index contributed by atoms with van der Waals surface area (Å²) >= 11 is 0. The van der Waals surface area contributed by atoms with E-state index in [1.54, 1.807) is 18.3 Å². The van der Waals surface area contributed by atoms with Gasteiger partial charge in [-0.2, -0.15) is 0 Å². The fraction of sp³-hybridized carbons (Fsp3) is 0.240. The second kappa shape index (κ2) is 9.89. The zero-order chi connectivity index (χ0) is 20.6. The summed E-state index contributed by atoms with van der Waals surface area (Å²) in [6.45, 7) is 3.63. The molecule has 0 aliphatic rings. The van der Waals surface area contributed by atoms with Crippen LogP contribution < -0.4 is 4.74 Å². The minimum absolute atomic E-state index is 0.253. The number of pyridine rings is 1. The highest BCUT2D eigenvalue weighted by atomic mass is 16.5. The number of phenolic OH excluding ortho intramolecular Hbond substituents is 1. The normalized spacial score (nSPS) is 12.0. The average molecular weight is 389 g/mol. The van der Waals surface area contributed by atoms with Gasteiger partial charge in [-0.05, 0) is 61.5 Å². The summed E-state index contributed by atoms with van der Waals surface area (Å²) in [6.07, 6.45) is 2.65. The second-order valence-electron chi connectivity index (χ2n) is 7.15. The highest BCUT2D eigenvalue weighted by molar-refractivity contribution is 5.97. The smallest absolute Gasteiger partial charge is 0.137 e. The van der Waals surface area contributed by atoms with E-state index in [0.717, 1.165) is 35.5 Å². The van der Waals surface area contributed by atoms with Gasteiger partial charge < -0.3 is 14.7 Å². The summed E-state index contributed by atoms with van der Waals surface area (Å²) in [6, 6.07) is 21.6. The number of hydrogen-bond donors (Lipinski definition) is 1. The first-order chi connectivity index (χ1) is 14.1. The van der Waals surface area contributed by atoms with E-state index in [9.17, 15) is 5.11 Å². The minimum atomic E-state index is 0.253. The molecule has 1 heterocycles. The first-order valence-corrected chi connectivity index (χ1v) is 9.90. The second-order valence-corrected chi connectivity index (χ2v) is 7.15. The summed E-state index contributed by atoms with van der Waals surface area (Å²) in [5.74, 6) is 1.02. The Labute approximate surface area is 173 Å². The lowest BCUT2D eigenvalue weighted by Gasteiger charge is -2.16. The molecule has 29 heavy (non-hydrogen) atoms. The summed E-state index contributed by atoms with van der Waals surface area (Å²) in [5.41, 5.74) is 5.36. The number of hydrogen-bond acceptors (Lipinski definition) is 4. The zero-order valence-electron chi connectivity index (χ0n) is 17.3. The van der Waals surface area contributed by atoms with Gasteiger partial charge in [-0.3, -0.25) is 4.98 Å². The molecule has 0 amide bonds. The third-order valence-electron chi connectivity index (χ3n) is 4.73. The number of likely N-dealkylation sites (N-methyl/N-ethyl adjacent to an activating group) is 1. The number of benzene rings is 2. The summed E-state index contributed by atoms with van der Waals surface area (Å²) in [4.78, 5) is 6.80. The highest BCUT2D eigenvalue weighted by Gasteiger charge is 2.14. The molecule has 4 nitrogen and oxygen atoms in total. The Balaban J connectivity index is 2.02. The number of nitrogens with zero attached hydrogens (tertiary/aromatic N) is 2. The topological polar surface area (TPSA) is 45.6 Å². The maximum Gasteiger partial charge on any atom is 0.137 e. The molecule has 0 bridgehead atoms. The minimum Gasteiger partial charge on any atom is -0.508 e. The van der Waals surface area contributed by atoms with Gasteiger partial charge in [0.15, 0.2) is 0 Å². The van der Waals surface area contributed by atoms with Crippen molar-refractivity contribution in [1.29, 1.82) is 0 Å². The molecular formula is C25H28N2O2. The molecule has 3 rings (SSSR count). The van der Waals surface area contributed by atoms with Crippen molar-refractivity contribution in [2.45, 2.75) is 13.3 Å². The van der Waals surface area contributed by atoms with Crippen molar-refractivity contribution in [3.63, 3.8) is 0 Å². The first-order valence-electron chi connectivity index (χ1n) is 9.90. The lowest BCUT2D eigenvalue weighted by molar-refractivity contribution is 0.260. The van der Waals surface area contributed by atoms with E-state index in [1.807, 2.05) is 44.4 Å². The molecule has 0 saturated heterocycles. The van der Waals surface area contributed by atoms with Crippen LogP contribution in [0.1, 0.15) is 30.2 Å². The molecule has 0 spiro atoms. The molecular weight excluding hydrogens is 360 g/mol. The van der Waals surface area contributed by atoms with Crippen molar-refractivity contribution in [2.75, 3.05) is 27.2 Å². The number of allylic oxidation sites excluding steroid dienone is 1. The van der Waals surface area contributed by atoms with Crippen molar-refractivity contribution in [1.82, 2.24) is 9.88 Å². The SMILES string of the molecule is CC/C(=C(/c1ccc(O)cc1)c1ccc(OCCN(C)C)cn1)c1ccccc1. The average Bonchev–Trinajstić information content (AvgIpc) is 2.74. The van der Waals surface area contributed by atoms with Gasteiger partial charge in [-0.15, -0.1) is 0 Å². The Morgan fingerprint density at radius 2 is 1.66 bits per heavy atom. The lowest BCUT2D eigenvalue weighted by Crippen LogP contribution is -2.19. The largest absolute Gasteiger partial charge is 0.508 e. The van der Waals surface area contributed by atoms with Crippen LogP contribution >= 0.6 is 0 Å². The molecule has 150 valence electrons. The number of aromatic hydroxyl groups is 1. The fourth-order valence-corrected chi connectivity index (χ4v) is 3.23. The van der Waals surface area contributed by atoms with Crippen LogP contribution in [0.25, 0.3) is 11.1 Å². The van der Waals surface area contributed by atoms with Gasteiger partial charge in [0.25, 0.3) is 0 Å². The Morgan fingerprint density at radius 3 is 2.24 bits per heavy atom. The van der Waals surface area contributed by atoms with Crippen molar-refractivity contribution >= 4 is 11.1 Å². The fourth-order valence-electron chi connectivity index (χ4n) is 3.23. The van der Waals surface area contributed by atoms with Crippen LogP contribution in [-0.2, 0) is 0 Å². The maximum absolute atomic E-state index is 9.73. The molecule has 0 aliphatic heterocycles. The van der Waals surface area contributed by atoms with E-state index in [-0.39, 0.29) is 5.75 Å². The van der Waals surface area contributed by atoms with E-state index >= 15 is 0 Å². The Hall–Kier alpha value is -3.11. The van der Waals surface area contributed by atoms with Crippen LogP contribution in [0.15, 0.2) is 72.9 Å². The summed E-state index contributed by atoms with van der Waals surface area (Å²) in [5, 5.41) is 9.73. The zero-order valence-corrected chi connectivity index (χ0v) is 17.3. The van der Waals surface area contributed by atoms with Crippen LogP contribution in [0.2, 0.25) is 0 Å². The van der Waals surface area contributed by atoms with Gasteiger partial charge in [0, 0.05) is 12.1 Å². The molecule has 0 fully saturated rings. The van der Waals surface area contributed by atoms with Gasteiger partial charge in [0.05, 0.1) is 11.9 Å². The molecule has 2 aromatic carbocycles. The van der Waals surface area contributed by atoms with Crippen LogP contribution in [0, 0.1) is 0 Å². The van der Waals surface area contributed by atoms with Crippen molar-refractivity contribution in [3.8, 4) is 11.5 Å². The molecule has 0 radical (unpaired) electrons. The number of ether oxygens (including phenoxy) is 1. The molecule has 0 saturated carbocycles. The van der Waals surface area contributed by atoms with E-state index in [0.29, 0.717) is 6.61 Å². The van der Waals surface area contributed by atoms with Gasteiger partial charge >= 0.3 is 0 Å². The van der Waals surface area contributed by atoms with Crippen molar-refractivity contribution < 1.29 is 9.84 Å². The van der Waals surface area contributed by atoms with Gasteiger partial charge in [-0.25, -0.2) is 0 Å². The third-order valence-corrected chi connectivity index (χ3v) is 4.73. The molecule has 1 N–H and O–H groups in total. The van der Waals surface area contributed by atoms with E-state index in [2.05, 4.69) is 36.1 Å². The number of aromatic nitrogens is 1. The Bertz CT molecular complexity index is 931. The maximum atomic E-state index is 9.73. The number of phenols is 1. The van der Waals surface area contributed by atoms with Gasteiger partial charge in [0.1, 0.15) is 18.1 Å². The molecule has 0 unspecified atom stereocenters. The predicted octanol–water partition coefficient (Wildman–Crippen LogP) is 5.10. The van der Waals surface area contributed by atoms with Crippen LogP contribution in [0.3, 0.4) is 0 Å². The van der Waals surface area contributed by atoms with Crippen LogP contribution in [0.5, 0.6) is 11.5 Å². The first kappa shape index (κ1) is 20.6. The lowest BCUT2D eigenvalue weighted by atomic mass is 9.90. The standard InChI is InChI=1S/C25H28N2O2/c1-4-23(19-8-6-5-7-9-19)25(20-10-12-21(28)13-11-20)24-15-14-22(18-26-24)29-17-16-27(2)3/h5-15,18,28H,4,16-17H2,1-3H3/b25-23+. The molecule has 3 aromatic rings. The van der Waals surface area contributed by atoms with E-state index in [4.69, 9.17) is 9.72 Å². The number of rotatable bonds is 8. The third kappa shape index (κ3) is 5.46. The summed E-state index contributed by atoms with van der Waals surface area (Å²) in [7, 11) is 4.05. The summed E-state index contributed by atoms with van der Waals surface area (Å²) < 4.78 is 5.79. The highest BCUT2D eigenvalue weighted by Crippen LogP contribution is 2.34. The van der Waals surface area contributed by atoms with Gasteiger partial charge in [-0.1, -0.05) is 49.4 Å².